The zero-order chi connectivity index (χ0) is 11.8. The van der Waals surface area contributed by atoms with Crippen LogP contribution >= 0.6 is 11.8 Å². The highest BCUT2D eigenvalue weighted by Gasteiger charge is 2.17. The van der Waals surface area contributed by atoms with E-state index in [1.54, 1.807) is 17.8 Å². The minimum Gasteiger partial charge on any atom is -0.480 e. The molecule has 0 aliphatic rings. The summed E-state index contributed by atoms with van der Waals surface area (Å²) in [5.74, 6) is -0.619. The van der Waals surface area contributed by atoms with E-state index in [9.17, 15) is 9.59 Å². The van der Waals surface area contributed by atoms with E-state index in [0.29, 0.717) is 17.4 Å². The Labute approximate surface area is 94.1 Å². The van der Waals surface area contributed by atoms with Crippen molar-refractivity contribution in [1.82, 2.24) is 5.32 Å². The highest BCUT2D eigenvalue weighted by Crippen LogP contribution is 2.13. The second-order valence-electron chi connectivity index (χ2n) is 3.19. The number of carbonyl (C=O) groups is 2. The molecule has 0 spiro atoms. The SMILES string of the molecule is C=CC(C)SCCC(NC(C)=O)C(=O)O. The van der Waals surface area contributed by atoms with Crippen molar-refractivity contribution < 1.29 is 14.7 Å². The first-order chi connectivity index (χ1) is 6.97. The first-order valence-electron chi connectivity index (χ1n) is 4.71. The standard InChI is InChI=1S/C10H17NO3S/c1-4-7(2)15-6-5-9(10(13)14)11-8(3)12/h4,7,9H,1,5-6H2,2-3H3,(H,11,12)(H,13,14). The summed E-state index contributed by atoms with van der Waals surface area (Å²) in [6.07, 6.45) is 2.23. The molecule has 1 amide bonds. The average molecular weight is 231 g/mol. The van der Waals surface area contributed by atoms with Gasteiger partial charge in [-0.2, -0.15) is 11.8 Å². The van der Waals surface area contributed by atoms with Gasteiger partial charge in [-0.15, -0.1) is 6.58 Å². The molecule has 15 heavy (non-hydrogen) atoms. The van der Waals surface area contributed by atoms with Crippen LogP contribution < -0.4 is 5.32 Å². The van der Waals surface area contributed by atoms with Crippen molar-refractivity contribution in [2.24, 2.45) is 0 Å². The van der Waals surface area contributed by atoms with Crippen LogP contribution in [0.4, 0.5) is 0 Å². The Hall–Kier alpha value is -0.970. The predicted octanol–water partition coefficient (Wildman–Crippen LogP) is 1.27. The smallest absolute Gasteiger partial charge is 0.326 e. The Morgan fingerprint density at radius 3 is 2.60 bits per heavy atom. The zero-order valence-corrected chi connectivity index (χ0v) is 9.84. The van der Waals surface area contributed by atoms with E-state index < -0.39 is 12.0 Å². The average Bonchev–Trinajstić information content (AvgIpc) is 2.15. The monoisotopic (exact) mass is 231 g/mol. The van der Waals surface area contributed by atoms with E-state index in [0.717, 1.165) is 0 Å². The molecule has 4 nitrogen and oxygen atoms in total. The number of carboxylic acids is 1. The molecule has 0 heterocycles. The van der Waals surface area contributed by atoms with Crippen LogP contribution in [-0.2, 0) is 9.59 Å². The zero-order valence-electron chi connectivity index (χ0n) is 9.03. The molecule has 0 aliphatic carbocycles. The molecular formula is C10H17NO3S. The third-order valence-corrected chi connectivity index (χ3v) is 2.98. The Bertz CT molecular complexity index is 243. The summed E-state index contributed by atoms with van der Waals surface area (Å²) >= 11 is 1.62. The predicted molar refractivity (Wildman–Crippen MR) is 62.0 cm³/mol. The van der Waals surface area contributed by atoms with Crippen LogP contribution in [0.25, 0.3) is 0 Å². The van der Waals surface area contributed by atoms with E-state index in [4.69, 9.17) is 5.11 Å². The molecule has 0 aromatic rings. The number of aliphatic carboxylic acids is 1. The van der Waals surface area contributed by atoms with Crippen LogP contribution in [-0.4, -0.2) is 34.0 Å². The fourth-order valence-electron chi connectivity index (χ4n) is 0.943. The van der Waals surface area contributed by atoms with Crippen molar-refractivity contribution in [3.63, 3.8) is 0 Å². The van der Waals surface area contributed by atoms with Gasteiger partial charge >= 0.3 is 5.97 Å². The van der Waals surface area contributed by atoms with Crippen molar-refractivity contribution in [3.05, 3.63) is 12.7 Å². The number of carboxylic acid groups (broad SMARTS) is 1. The lowest BCUT2D eigenvalue weighted by molar-refractivity contribution is -0.141. The third-order valence-electron chi connectivity index (χ3n) is 1.79. The molecule has 86 valence electrons. The van der Waals surface area contributed by atoms with Crippen LogP contribution in [0.3, 0.4) is 0 Å². The lowest BCUT2D eigenvalue weighted by Crippen LogP contribution is -2.40. The minimum atomic E-state index is -0.989. The maximum atomic E-state index is 10.7. The van der Waals surface area contributed by atoms with E-state index in [-0.39, 0.29) is 5.91 Å². The topological polar surface area (TPSA) is 66.4 Å². The fraction of sp³-hybridized carbons (Fsp3) is 0.600. The maximum Gasteiger partial charge on any atom is 0.326 e. The molecule has 0 radical (unpaired) electrons. The van der Waals surface area contributed by atoms with Gasteiger partial charge in [-0.25, -0.2) is 4.79 Å². The Morgan fingerprint density at radius 2 is 2.20 bits per heavy atom. The Kier molecular flexibility index (Phi) is 6.86. The number of carbonyl (C=O) groups excluding carboxylic acids is 1. The van der Waals surface area contributed by atoms with Gasteiger partial charge in [0.1, 0.15) is 6.04 Å². The van der Waals surface area contributed by atoms with Gasteiger partial charge in [0.05, 0.1) is 0 Å². The number of rotatable bonds is 7. The first kappa shape index (κ1) is 14.0. The molecule has 5 heteroatoms. The lowest BCUT2D eigenvalue weighted by atomic mass is 10.2. The summed E-state index contributed by atoms with van der Waals surface area (Å²) in [7, 11) is 0. The fourth-order valence-corrected chi connectivity index (χ4v) is 1.82. The highest BCUT2D eigenvalue weighted by atomic mass is 32.2. The summed E-state index contributed by atoms with van der Waals surface area (Å²) in [5.41, 5.74) is 0. The Morgan fingerprint density at radius 1 is 1.60 bits per heavy atom. The molecule has 2 unspecified atom stereocenters. The summed E-state index contributed by atoms with van der Waals surface area (Å²) in [5, 5.41) is 11.5. The molecule has 0 aromatic carbocycles. The first-order valence-corrected chi connectivity index (χ1v) is 5.76. The molecule has 0 saturated heterocycles. The van der Waals surface area contributed by atoms with Crippen LogP contribution in [0.2, 0.25) is 0 Å². The van der Waals surface area contributed by atoms with Gasteiger partial charge in [-0.3, -0.25) is 4.79 Å². The quantitative estimate of drug-likeness (QED) is 0.648. The van der Waals surface area contributed by atoms with E-state index in [1.807, 2.05) is 6.92 Å². The van der Waals surface area contributed by atoms with E-state index in [2.05, 4.69) is 11.9 Å². The molecular weight excluding hydrogens is 214 g/mol. The van der Waals surface area contributed by atoms with Crippen molar-refractivity contribution >= 4 is 23.6 Å². The van der Waals surface area contributed by atoms with E-state index in [1.165, 1.54) is 6.92 Å². The summed E-state index contributed by atoms with van der Waals surface area (Å²) < 4.78 is 0. The van der Waals surface area contributed by atoms with Crippen LogP contribution in [0.15, 0.2) is 12.7 Å². The molecule has 0 rings (SSSR count). The molecule has 0 saturated carbocycles. The van der Waals surface area contributed by atoms with Gasteiger partial charge in [0.15, 0.2) is 0 Å². The number of hydrogen-bond acceptors (Lipinski definition) is 3. The highest BCUT2D eigenvalue weighted by molar-refractivity contribution is 8.00. The Balaban J connectivity index is 3.91. The van der Waals surface area contributed by atoms with Crippen molar-refractivity contribution in [1.29, 1.82) is 0 Å². The van der Waals surface area contributed by atoms with Gasteiger partial charge in [0.2, 0.25) is 5.91 Å². The molecule has 2 atom stereocenters. The summed E-state index contributed by atoms with van der Waals surface area (Å²) in [6, 6.07) is -0.785. The van der Waals surface area contributed by atoms with Gasteiger partial charge < -0.3 is 10.4 Å². The summed E-state index contributed by atoms with van der Waals surface area (Å²) in [4.78, 5) is 21.5. The summed E-state index contributed by atoms with van der Waals surface area (Å²) in [6.45, 7) is 6.94. The van der Waals surface area contributed by atoms with Gasteiger partial charge in [-0.05, 0) is 19.1 Å². The number of amides is 1. The molecule has 0 bridgehead atoms. The van der Waals surface area contributed by atoms with Crippen molar-refractivity contribution in [3.8, 4) is 0 Å². The van der Waals surface area contributed by atoms with Crippen molar-refractivity contribution in [2.75, 3.05) is 5.75 Å². The van der Waals surface area contributed by atoms with Crippen molar-refractivity contribution in [2.45, 2.75) is 31.6 Å². The second kappa shape index (κ2) is 7.34. The maximum absolute atomic E-state index is 10.7. The third kappa shape index (κ3) is 7.02. The number of thioether (sulfide) groups is 1. The molecule has 2 N–H and O–H groups in total. The molecule has 0 fully saturated rings. The van der Waals surface area contributed by atoms with E-state index >= 15 is 0 Å². The van der Waals surface area contributed by atoms with Crippen LogP contribution in [0.5, 0.6) is 0 Å². The lowest BCUT2D eigenvalue weighted by Gasteiger charge is -2.13. The number of hydrogen-bond donors (Lipinski definition) is 2. The molecule has 0 aromatic heterocycles. The van der Waals surface area contributed by atoms with Gasteiger partial charge in [0.25, 0.3) is 0 Å². The van der Waals surface area contributed by atoms with Gasteiger partial charge in [0, 0.05) is 12.2 Å². The largest absolute Gasteiger partial charge is 0.480 e. The van der Waals surface area contributed by atoms with Gasteiger partial charge in [-0.1, -0.05) is 6.08 Å². The van der Waals surface area contributed by atoms with Crippen LogP contribution in [0.1, 0.15) is 20.3 Å². The second-order valence-corrected chi connectivity index (χ2v) is 4.68. The minimum absolute atomic E-state index is 0.303. The molecule has 0 aliphatic heterocycles. The van der Waals surface area contributed by atoms with Crippen LogP contribution in [0, 0.1) is 0 Å². The number of nitrogens with one attached hydrogen (secondary N) is 1. The normalized spacial score (nSPS) is 14.0.